The lowest BCUT2D eigenvalue weighted by Crippen LogP contribution is -2.29. The maximum absolute atomic E-state index is 12.8. The Balaban J connectivity index is 1.94. The van der Waals surface area contributed by atoms with E-state index in [9.17, 15) is 31.2 Å². The van der Waals surface area contributed by atoms with Gasteiger partial charge in [-0.05, 0) is 24.3 Å². The number of rotatable bonds is 5. The van der Waals surface area contributed by atoms with Crippen LogP contribution in [0.1, 0.15) is 5.56 Å². The van der Waals surface area contributed by atoms with Crippen molar-refractivity contribution in [2.75, 3.05) is 7.05 Å². The van der Waals surface area contributed by atoms with E-state index in [0.29, 0.717) is 0 Å². The Morgan fingerprint density at radius 2 is 1.62 bits per heavy atom. The van der Waals surface area contributed by atoms with E-state index in [0.717, 1.165) is 16.4 Å². The Morgan fingerprint density at radius 3 is 2.28 bits per heavy atom. The lowest BCUT2D eigenvalue weighted by molar-refractivity contribution is -0.274. The molecule has 0 aliphatic heterocycles. The topological polar surface area (TPSA) is 112 Å². The van der Waals surface area contributed by atoms with Crippen LogP contribution in [0.25, 0.3) is 11.0 Å². The van der Waals surface area contributed by atoms with Crippen molar-refractivity contribution in [3.8, 4) is 5.75 Å². The first-order valence-electron chi connectivity index (χ1n) is 8.04. The predicted molar refractivity (Wildman–Crippen MR) is 97.0 cm³/mol. The zero-order chi connectivity index (χ0) is 21.4. The van der Waals surface area contributed by atoms with E-state index in [1.54, 1.807) is 0 Å². The molecule has 0 radical (unpaired) electrons. The third-order valence-corrected chi connectivity index (χ3v) is 5.79. The summed E-state index contributed by atoms with van der Waals surface area (Å²) in [5.41, 5.74) is -1.51. The molecule has 2 aromatic carbocycles. The number of nitrogens with one attached hydrogen (secondary N) is 2. The molecule has 3 rings (SSSR count). The van der Waals surface area contributed by atoms with E-state index in [1.807, 2.05) is 0 Å². The maximum atomic E-state index is 12.8. The van der Waals surface area contributed by atoms with E-state index >= 15 is 0 Å². The zero-order valence-corrected chi connectivity index (χ0v) is 15.6. The van der Waals surface area contributed by atoms with Crippen LogP contribution in [-0.4, -0.2) is 36.1 Å². The number of H-pyrrole nitrogens is 2. The van der Waals surface area contributed by atoms with Gasteiger partial charge in [0, 0.05) is 19.2 Å². The summed E-state index contributed by atoms with van der Waals surface area (Å²) in [6.45, 7) is -0.394. The molecule has 0 atom stereocenters. The monoisotopic (exact) mass is 429 g/mol. The fourth-order valence-corrected chi connectivity index (χ4v) is 3.79. The van der Waals surface area contributed by atoms with Crippen LogP contribution in [0.15, 0.2) is 56.9 Å². The van der Waals surface area contributed by atoms with Crippen LogP contribution in [0, 0.1) is 0 Å². The number of aromatic nitrogens is 2. The second-order valence-corrected chi connectivity index (χ2v) is 8.08. The van der Waals surface area contributed by atoms with Crippen molar-refractivity contribution in [3.05, 3.63) is 68.7 Å². The number of aromatic amines is 2. The minimum Gasteiger partial charge on any atom is -0.405 e. The maximum Gasteiger partial charge on any atom is 0.573 e. The van der Waals surface area contributed by atoms with Crippen molar-refractivity contribution in [2.24, 2.45) is 0 Å². The second-order valence-electron chi connectivity index (χ2n) is 6.03. The number of para-hydroxylation sites is 1. The molecule has 0 spiro atoms. The van der Waals surface area contributed by atoms with Gasteiger partial charge in [-0.1, -0.05) is 18.2 Å². The summed E-state index contributed by atoms with van der Waals surface area (Å²) in [5.74, 6) is -0.512. The summed E-state index contributed by atoms with van der Waals surface area (Å²) in [7, 11) is -2.94. The van der Waals surface area contributed by atoms with Gasteiger partial charge in [-0.25, -0.2) is 8.42 Å². The van der Waals surface area contributed by atoms with Crippen LogP contribution in [0.4, 0.5) is 13.2 Å². The van der Waals surface area contributed by atoms with E-state index in [1.165, 1.54) is 37.4 Å². The molecule has 1 aromatic heterocycles. The molecule has 154 valence electrons. The molecule has 0 unspecified atom stereocenters. The summed E-state index contributed by atoms with van der Waals surface area (Å²) < 4.78 is 68.1. The number of benzene rings is 2. The van der Waals surface area contributed by atoms with Gasteiger partial charge in [0.15, 0.2) is 0 Å². The molecule has 29 heavy (non-hydrogen) atoms. The van der Waals surface area contributed by atoms with Gasteiger partial charge in [-0.2, -0.15) is 4.31 Å². The van der Waals surface area contributed by atoms with Gasteiger partial charge in [0.25, 0.3) is 0 Å². The third kappa shape index (κ3) is 4.49. The van der Waals surface area contributed by atoms with E-state index in [4.69, 9.17) is 0 Å². The molecule has 3 aromatic rings. The zero-order valence-electron chi connectivity index (χ0n) is 14.8. The largest absolute Gasteiger partial charge is 0.573 e. The summed E-state index contributed by atoms with van der Waals surface area (Å²) >= 11 is 0. The van der Waals surface area contributed by atoms with Gasteiger partial charge in [-0.15, -0.1) is 13.2 Å². The van der Waals surface area contributed by atoms with Crippen molar-refractivity contribution < 1.29 is 26.3 Å². The molecule has 0 bridgehead atoms. The molecule has 0 fully saturated rings. The Morgan fingerprint density at radius 1 is 1.00 bits per heavy atom. The average Bonchev–Trinajstić information content (AvgIpc) is 2.62. The number of nitrogens with zero attached hydrogens (tertiary/aromatic N) is 1. The number of halogens is 3. The first kappa shape index (κ1) is 20.6. The van der Waals surface area contributed by atoms with Gasteiger partial charge < -0.3 is 14.7 Å². The smallest absolute Gasteiger partial charge is 0.405 e. The molecular formula is C17H14F3N3O5S. The predicted octanol–water partition coefficient (Wildman–Crippen LogP) is 1.94. The van der Waals surface area contributed by atoms with E-state index < -0.39 is 39.8 Å². The molecule has 0 aliphatic rings. The highest BCUT2D eigenvalue weighted by Crippen LogP contribution is 2.28. The summed E-state index contributed by atoms with van der Waals surface area (Å²) in [5, 5.41) is 0. The highest BCUT2D eigenvalue weighted by Gasteiger charge is 2.32. The summed E-state index contributed by atoms with van der Waals surface area (Å²) in [6.07, 6.45) is -4.92. The Labute approximate surface area is 161 Å². The van der Waals surface area contributed by atoms with Crippen LogP contribution in [0.3, 0.4) is 0 Å². The highest BCUT2D eigenvalue weighted by atomic mass is 32.2. The molecule has 2 N–H and O–H groups in total. The van der Waals surface area contributed by atoms with Crippen LogP contribution in [-0.2, 0) is 16.6 Å². The third-order valence-electron chi connectivity index (χ3n) is 3.99. The van der Waals surface area contributed by atoms with Crippen molar-refractivity contribution in [2.45, 2.75) is 17.8 Å². The van der Waals surface area contributed by atoms with Gasteiger partial charge in [-0.3, -0.25) is 9.59 Å². The molecule has 0 aliphatic carbocycles. The molecule has 12 heteroatoms. The number of hydrogen-bond donors (Lipinski definition) is 2. The van der Waals surface area contributed by atoms with E-state index in [-0.39, 0.29) is 21.5 Å². The number of sulfonamides is 1. The average molecular weight is 429 g/mol. The second kappa shape index (κ2) is 7.37. The minimum atomic E-state index is -4.92. The fourth-order valence-electron chi connectivity index (χ4n) is 2.62. The number of alkyl halides is 3. The summed E-state index contributed by atoms with van der Waals surface area (Å²) in [6, 6.07) is 8.84. The van der Waals surface area contributed by atoms with E-state index in [2.05, 4.69) is 14.7 Å². The lowest BCUT2D eigenvalue weighted by atomic mass is 10.2. The van der Waals surface area contributed by atoms with Gasteiger partial charge >= 0.3 is 17.5 Å². The Hall–Kier alpha value is -3.12. The van der Waals surface area contributed by atoms with Crippen molar-refractivity contribution >= 4 is 21.1 Å². The van der Waals surface area contributed by atoms with Gasteiger partial charge in [0.1, 0.15) is 5.75 Å². The molecule has 0 amide bonds. The first-order valence-corrected chi connectivity index (χ1v) is 9.48. The molecule has 1 heterocycles. The fraction of sp³-hybridized carbons (Fsp3) is 0.176. The standard InChI is InChI=1S/C17H14F3N3O5S/c1-23(9-10-4-2-3-5-14(10)28-17(18,19)20)29(26,27)11-6-7-12-13(8-11)22-16(25)15(24)21-12/h2-8H,9H2,1H3,(H,21,24)(H,22,25). The molecule has 0 saturated heterocycles. The SMILES string of the molecule is CN(Cc1ccccc1OC(F)(F)F)S(=O)(=O)c1ccc2[nH]c(=O)c(=O)[nH]c2c1. The first-order chi connectivity index (χ1) is 13.5. The van der Waals surface area contributed by atoms with Crippen molar-refractivity contribution in [1.29, 1.82) is 0 Å². The highest BCUT2D eigenvalue weighted by molar-refractivity contribution is 7.89. The van der Waals surface area contributed by atoms with Gasteiger partial charge in [0.05, 0.1) is 15.9 Å². The molecular weight excluding hydrogens is 415 g/mol. The normalized spacial score (nSPS) is 12.4. The molecule has 0 saturated carbocycles. The number of ether oxygens (including phenoxy) is 1. The van der Waals surface area contributed by atoms with Gasteiger partial charge in [0.2, 0.25) is 10.0 Å². The van der Waals surface area contributed by atoms with Crippen LogP contribution in [0.5, 0.6) is 5.75 Å². The molecule has 8 nitrogen and oxygen atoms in total. The lowest BCUT2D eigenvalue weighted by Gasteiger charge is -2.20. The number of hydrogen-bond acceptors (Lipinski definition) is 5. The minimum absolute atomic E-state index is 0.00873. The Kier molecular flexibility index (Phi) is 5.24. The van der Waals surface area contributed by atoms with Crippen LogP contribution >= 0.6 is 0 Å². The number of fused-ring (bicyclic) bond motifs is 1. The van der Waals surface area contributed by atoms with Crippen LogP contribution in [0.2, 0.25) is 0 Å². The quantitative estimate of drug-likeness (QED) is 0.602. The van der Waals surface area contributed by atoms with Crippen molar-refractivity contribution in [3.63, 3.8) is 0 Å². The Bertz CT molecular complexity index is 1280. The van der Waals surface area contributed by atoms with Crippen molar-refractivity contribution in [1.82, 2.24) is 14.3 Å². The van der Waals surface area contributed by atoms with Crippen LogP contribution < -0.4 is 15.9 Å². The summed E-state index contributed by atoms with van der Waals surface area (Å²) in [4.78, 5) is 27.1.